The van der Waals surface area contributed by atoms with Crippen LogP contribution in [0.4, 0.5) is 0 Å². The van der Waals surface area contributed by atoms with E-state index in [0.29, 0.717) is 6.04 Å². The SMILES string of the molecule is CC(C)NCCNCCC1CCCC1. The fourth-order valence-electron chi connectivity index (χ4n) is 2.18. The van der Waals surface area contributed by atoms with Crippen LogP contribution in [0.2, 0.25) is 0 Å². The molecule has 1 saturated carbocycles. The highest BCUT2D eigenvalue weighted by molar-refractivity contribution is 4.68. The van der Waals surface area contributed by atoms with E-state index < -0.39 is 0 Å². The van der Waals surface area contributed by atoms with E-state index in [2.05, 4.69) is 24.5 Å². The maximum Gasteiger partial charge on any atom is 0.00790 e. The third-order valence-electron chi connectivity index (χ3n) is 3.06. The summed E-state index contributed by atoms with van der Waals surface area (Å²) in [5.74, 6) is 1.03. The number of hydrogen-bond acceptors (Lipinski definition) is 2. The molecule has 0 heterocycles. The largest absolute Gasteiger partial charge is 0.315 e. The molecule has 1 aliphatic carbocycles. The summed E-state index contributed by atoms with van der Waals surface area (Å²) in [5.41, 5.74) is 0. The van der Waals surface area contributed by atoms with Crippen molar-refractivity contribution in [1.82, 2.24) is 10.6 Å². The van der Waals surface area contributed by atoms with Gasteiger partial charge in [0.05, 0.1) is 0 Å². The first-order chi connectivity index (χ1) is 6.79. The van der Waals surface area contributed by atoms with Crippen LogP contribution in [-0.4, -0.2) is 25.7 Å². The van der Waals surface area contributed by atoms with Crippen LogP contribution < -0.4 is 10.6 Å². The van der Waals surface area contributed by atoms with Gasteiger partial charge in [0.2, 0.25) is 0 Å². The molecule has 1 fully saturated rings. The Morgan fingerprint density at radius 1 is 1.07 bits per heavy atom. The normalized spacial score (nSPS) is 18.2. The lowest BCUT2D eigenvalue weighted by atomic mass is 10.0. The van der Waals surface area contributed by atoms with Crippen molar-refractivity contribution in [2.24, 2.45) is 5.92 Å². The first kappa shape index (κ1) is 12.0. The average Bonchev–Trinajstić information content (AvgIpc) is 2.63. The molecule has 0 amide bonds. The van der Waals surface area contributed by atoms with Crippen molar-refractivity contribution in [2.75, 3.05) is 19.6 Å². The van der Waals surface area contributed by atoms with Crippen molar-refractivity contribution in [3.63, 3.8) is 0 Å². The van der Waals surface area contributed by atoms with Crippen molar-refractivity contribution >= 4 is 0 Å². The van der Waals surface area contributed by atoms with Gasteiger partial charge in [-0.25, -0.2) is 0 Å². The van der Waals surface area contributed by atoms with E-state index >= 15 is 0 Å². The van der Waals surface area contributed by atoms with Gasteiger partial charge in [-0.1, -0.05) is 39.5 Å². The summed E-state index contributed by atoms with van der Waals surface area (Å²) in [5, 5.41) is 6.92. The Hall–Kier alpha value is -0.0800. The molecule has 1 rings (SSSR count). The van der Waals surface area contributed by atoms with Crippen molar-refractivity contribution in [3.05, 3.63) is 0 Å². The average molecular weight is 198 g/mol. The van der Waals surface area contributed by atoms with Gasteiger partial charge in [0, 0.05) is 19.1 Å². The van der Waals surface area contributed by atoms with E-state index in [1.165, 1.54) is 38.6 Å². The lowest BCUT2D eigenvalue weighted by molar-refractivity contribution is 0.470. The Balaban J connectivity index is 1.79. The number of rotatable bonds is 7. The molecule has 0 bridgehead atoms. The van der Waals surface area contributed by atoms with Crippen molar-refractivity contribution in [1.29, 1.82) is 0 Å². The number of nitrogens with one attached hydrogen (secondary N) is 2. The molecule has 2 nitrogen and oxygen atoms in total. The van der Waals surface area contributed by atoms with Gasteiger partial charge >= 0.3 is 0 Å². The summed E-state index contributed by atoms with van der Waals surface area (Å²) >= 11 is 0. The van der Waals surface area contributed by atoms with Gasteiger partial charge in [-0.05, 0) is 18.9 Å². The second-order valence-corrected chi connectivity index (χ2v) is 4.80. The summed E-state index contributed by atoms with van der Waals surface area (Å²) in [6, 6.07) is 0.617. The smallest absolute Gasteiger partial charge is 0.00790 e. The van der Waals surface area contributed by atoms with Gasteiger partial charge in [0.15, 0.2) is 0 Å². The van der Waals surface area contributed by atoms with Crippen LogP contribution in [0.25, 0.3) is 0 Å². The molecule has 0 radical (unpaired) electrons. The van der Waals surface area contributed by atoms with Gasteiger partial charge in [0.1, 0.15) is 0 Å². The Morgan fingerprint density at radius 2 is 1.79 bits per heavy atom. The van der Waals surface area contributed by atoms with E-state index in [1.807, 2.05) is 0 Å². The van der Waals surface area contributed by atoms with Gasteiger partial charge in [0.25, 0.3) is 0 Å². The van der Waals surface area contributed by atoms with Crippen LogP contribution >= 0.6 is 0 Å². The van der Waals surface area contributed by atoms with Gasteiger partial charge in [-0.2, -0.15) is 0 Å². The molecule has 0 saturated heterocycles. The fraction of sp³-hybridized carbons (Fsp3) is 1.00. The van der Waals surface area contributed by atoms with Gasteiger partial charge < -0.3 is 10.6 Å². The predicted molar refractivity (Wildman–Crippen MR) is 62.6 cm³/mol. The second kappa shape index (κ2) is 7.24. The molecule has 0 atom stereocenters. The Kier molecular flexibility index (Phi) is 6.20. The lowest BCUT2D eigenvalue weighted by Crippen LogP contribution is -2.32. The van der Waals surface area contributed by atoms with Gasteiger partial charge in [-0.15, -0.1) is 0 Å². The molecule has 0 aromatic rings. The number of hydrogen-bond donors (Lipinski definition) is 2. The topological polar surface area (TPSA) is 24.1 Å². The first-order valence-electron chi connectivity index (χ1n) is 6.23. The highest BCUT2D eigenvalue weighted by Gasteiger charge is 2.13. The van der Waals surface area contributed by atoms with Crippen LogP contribution in [0.15, 0.2) is 0 Å². The molecular formula is C12H26N2. The zero-order valence-electron chi connectivity index (χ0n) is 9.81. The van der Waals surface area contributed by atoms with Crippen molar-refractivity contribution in [3.8, 4) is 0 Å². The third kappa shape index (κ3) is 5.61. The molecule has 0 spiro atoms. The highest BCUT2D eigenvalue weighted by Crippen LogP contribution is 2.26. The maximum atomic E-state index is 3.51. The lowest BCUT2D eigenvalue weighted by Gasteiger charge is -2.11. The Bertz CT molecular complexity index is 128. The second-order valence-electron chi connectivity index (χ2n) is 4.80. The fourth-order valence-corrected chi connectivity index (χ4v) is 2.18. The third-order valence-corrected chi connectivity index (χ3v) is 3.06. The molecule has 84 valence electrons. The molecule has 14 heavy (non-hydrogen) atoms. The van der Waals surface area contributed by atoms with Crippen LogP contribution in [-0.2, 0) is 0 Å². The standard InChI is InChI=1S/C12H26N2/c1-11(2)14-10-9-13-8-7-12-5-3-4-6-12/h11-14H,3-10H2,1-2H3. The maximum absolute atomic E-state index is 3.51. The van der Waals surface area contributed by atoms with Crippen LogP contribution in [0.3, 0.4) is 0 Å². The van der Waals surface area contributed by atoms with Gasteiger partial charge in [-0.3, -0.25) is 0 Å². The molecule has 2 N–H and O–H groups in total. The van der Waals surface area contributed by atoms with E-state index in [1.54, 1.807) is 0 Å². The van der Waals surface area contributed by atoms with E-state index in [9.17, 15) is 0 Å². The minimum absolute atomic E-state index is 0.617. The van der Waals surface area contributed by atoms with Crippen molar-refractivity contribution < 1.29 is 0 Å². The van der Waals surface area contributed by atoms with E-state index in [4.69, 9.17) is 0 Å². The summed E-state index contributed by atoms with van der Waals surface area (Å²) in [4.78, 5) is 0. The van der Waals surface area contributed by atoms with E-state index in [-0.39, 0.29) is 0 Å². The predicted octanol–water partition coefficient (Wildman–Crippen LogP) is 2.15. The molecule has 0 aliphatic heterocycles. The summed E-state index contributed by atoms with van der Waals surface area (Å²) in [6.07, 6.45) is 7.29. The minimum atomic E-state index is 0.617. The van der Waals surface area contributed by atoms with Crippen molar-refractivity contribution in [2.45, 2.75) is 52.0 Å². The molecular weight excluding hydrogens is 172 g/mol. The van der Waals surface area contributed by atoms with Crippen LogP contribution in [0, 0.1) is 5.92 Å². The summed E-state index contributed by atoms with van der Waals surface area (Å²) < 4.78 is 0. The highest BCUT2D eigenvalue weighted by atomic mass is 14.9. The Labute approximate surface area is 88.8 Å². The van der Waals surface area contributed by atoms with Crippen LogP contribution in [0.1, 0.15) is 46.0 Å². The Morgan fingerprint density at radius 3 is 2.43 bits per heavy atom. The molecule has 0 aromatic heterocycles. The molecule has 0 aromatic carbocycles. The minimum Gasteiger partial charge on any atom is -0.315 e. The van der Waals surface area contributed by atoms with E-state index in [0.717, 1.165) is 19.0 Å². The first-order valence-corrected chi connectivity index (χ1v) is 6.23. The quantitative estimate of drug-likeness (QED) is 0.613. The molecule has 1 aliphatic rings. The summed E-state index contributed by atoms with van der Waals surface area (Å²) in [7, 11) is 0. The molecule has 0 unspecified atom stereocenters. The van der Waals surface area contributed by atoms with Crippen LogP contribution in [0.5, 0.6) is 0 Å². The zero-order valence-corrected chi connectivity index (χ0v) is 9.81. The zero-order chi connectivity index (χ0) is 10.2. The summed E-state index contributed by atoms with van der Waals surface area (Å²) in [6.45, 7) is 7.81. The molecule has 2 heteroatoms. The monoisotopic (exact) mass is 198 g/mol.